The Hall–Kier alpha value is -5.04. The van der Waals surface area contributed by atoms with Crippen molar-refractivity contribution in [3.63, 3.8) is 0 Å². The Balaban J connectivity index is 0.000000359. The van der Waals surface area contributed by atoms with Crippen LogP contribution in [0.1, 0.15) is 69.1 Å². The van der Waals surface area contributed by atoms with Crippen molar-refractivity contribution in [3.8, 4) is 0 Å². The van der Waals surface area contributed by atoms with E-state index in [2.05, 4.69) is 25.5 Å². The lowest BCUT2D eigenvalue weighted by Gasteiger charge is -2.15. The minimum Gasteiger partial charge on any atom is -0.469 e. The summed E-state index contributed by atoms with van der Waals surface area (Å²) in [5.41, 5.74) is 16.6. The molecule has 3 aromatic carbocycles. The molecule has 0 saturated carbocycles. The van der Waals surface area contributed by atoms with Crippen molar-refractivity contribution in [3.05, 3.63) is 101 Å². The number of anilines is 3. The minimum atomic E-state index is -0.583. The number of ether oxygens (including phenoxy) is 1. The van der Waals surface area contributed by atoms with Crippen LogP contribution >= 0.6 is 0 Å². The average Bonchev–Trinajstić information content (AvgIpc) is 3.07. The molecule has 0 heterocycles. The van der Waals surface area contributed by atoms with Gasteiger partial charge in [-0.2, -0.15) is 0 Å². The van der Waals surface area contributed by atoms with Crippen molar-refractivity contribution in [2.45, 2.75) is 77.3 Å². The quantitative estimate of drug-likeness (QED) is 0.0829. The van der Waals surface area contributed by atoms with Crippen LogP contribution in [0.5, 0.6) is 0 Å². The molecule has 0 atom stereocenters. The predicted molar refractivity (Wildman–Crippen MR) is 191 cm³/mol. The Morgan fingerprint density at radius 3 is 1.38 bits per heavy atom. The zero-order valence-electron chi connectivity index (χ0n) is 28.5. The summed E-state index contributed by atoms with van der Waals surface area (Å²) in [6.07, 6.45) is 6.85. The molecule has 0 radical (unpaired) electrons. The molecule has 3 rings (SSSR count). The van der Waals surface area contributed by atoms with Crippen molar-refractivity contribution < 1.29 is 19.1 Å². The van der Waals surface area contributed by atoms with Crippen LogP contribution in [-0.4, -0.2) is 44.7 Å². The van der Waals surface area contributed by atoms with Gasteiger partial charge in [0, 0.05) is 64.3 Å². The summed E-state index contributed by atoms with van der Waals surface area (Å²) in [5, 5.41) is 8.38. The van der Waals surface area contributed by atoms with Crippen LogP contribution in [0.2, 0.25) is 0 Å². The number of hydrogen-bond acceptors (Lipinski definition) is 7. The number of carbonyl (C=O) groups excluding carboxylic acids is 3. The van der Waals surface area contributed by atoms with Crippen molar-refractivity contribution in [1.29, 1.82) is 0 Å². The second-order valence-electron chi connectivity index (χ2n) is 11.5. The number of nitrogens with one attached hydrogen (secondary N) is 3. The number of aryl methyl sites for hydroxylation is 3. The standard InChI is InChI=1S/C15H21N3O.C11H16N2O.C11H15NO2/c1-15(2,17-4)18-13-10-8-12(9-11-13)6-5-7-14(19)16-3;1-13-11(14)4-2-3-9-5-7-10(12)8-6-9;1-14-11(13)4-2-3-9-5-7-10(12)8-6-9/h8-11,18H,5-7H2,1-3H3,(H,16,19);5-8H,2-4,12H2,1H3,(H,13,14);5-8H,2-4,12H2,1H3. The molecule has 0 aromatic heterocycles. The normalized spacial score (nSPS) is 10.1. The summed E-state index contributed by atoms with van der Waals surface area (Å²) >= 11 is 0. The minimum absolute atomic E-state index is 0.0806. The van der Waals surface area contributed by atoms with E-state index >= 15 is 0 Å². The lowest BCUT2D eigenvalue weighted by atomic mass is 10.1. The maximum Gasteiger partial charge on any atom is 0.305 e. The lowest BCUT2D eigenvalue weighted by Crippen LogP contribution is -2.25. The molecule has 0 aliphatic heterocycles. The van der Waals surface area contributed by atoms with Crippen molar-refractivity contribution in [1.82, 2.24) is 10.6 Å². The van der Waals surface area contributed by atoms with Crippen molar-refractivity contribution in [2.75, 3.05) is 38.0 Å². The maximum absolute atomic E-state index is 11.1. The molecule has 47 heavy (non-hydrogen) atoms. The Bertz CT molecular complexity index is 1320. The third-order valence-electron chi connectivity index (χ3n) is 7.01. The van der Waals surface area contributed by atoms with E-state index in [0.29, 0.717) is 19.3 Å². The molecule has 10 nitrogen and oxygen atoms in total. The van der Waals surface area contributed by atoms with E-state index in [1.807, 2.05) is 86.6 Å². The van der Waals surface area contributed by atoms with Crippen LogP contribution in [0, 0.1) is 6.57 Å². The Morgan fingerprint density at radius 2 is 1.04 bits per heavy atom. The molecule has 254 valence electrons. The molecule has 0 fully saturated rings. The van der Waals surface area contributed by atoms with Crippen molar-refractivity contribution in [2.24, 2.45) is 0 Å². The lowest BCUT2D eigenvalue weighted by molar-refractivity contribution is -0.140. The Kier molecular flexibility index (Phi) is 19.1. The molecule has 0 aliphatic rings. The first-order valence-electron chi connectivity index (χ1n) is 15.8. The third kappa shape index (κ3) is 19.2. The van der Waals surface area contributed by atoms with Gasteiger partial charge in [0.25, 0.3) is 5.66 Å². The van der Waals surface area contributed by atoms with Gasteiger partial charge in [0.2, 0.25) is 11.8 Å². The molecular weight excluding hydrogens is 592 g/mol. The van der Waals surface area contributed by atoms with Gasteiger partial charge in [-0.05, 0) is 91.6 Å². The van der Waals surface area contributed by atoms with Gasteiger partial charge in [-0.3, -0.25) is 19.2 Å². The summed E-state index contributed by atoms with van der Waals surface area (Å²) in [6, 6.07) is 23.5. The molecule has 2 amide bonds. The zero-order chi connectivity index (χ0) is 35.1. The number of esters is 1. The molecule has 10 heteroatoms. The number of nitrogen functional groups attached to an aromatic ring is 2. The zero-order valence-corrected chi connectivity index (χ0v) is 28.5. The second-order valence-corrected chi connectivity index (χ2v) is 11.5. The molecule has 7 N–H and O–H groups in total. The van der Waals surface area contributed by atoms with Gasteiger partial charge in [-0.15, -0.1) is 0 Å². The highest BCUT2D eigenvalue weighted by Gasteiger charge is 2.21. The van der Waals surface area contributed by atoms with E-state index in [1.54, 1.807) is 14.1 Å². The van der Waals surface area contributed by atoms with Gasteiger partial charge in [0.1, 0.15) is 0 Å². The number of benzene rings is 3. The first kappa shape index (κ1) is 40.0. The number of methoxy groups -OCH3 is 1. The third-order valence-corrected chi connectivity index (χ3v) is 7.01. The molecule has 0 aliphatic carbocycles. The average molecular weight is 645 g/mol. The summed E-state index contributed by atoms with van der Waals surface area (Å²) < 4.78 is 4.55. The monoisotopic (exact) mass is 644 g/mol. The first-order valence-corrected chi connectivity index (χ1v) is 15.8. The second kappa shape index (κ2) is 22.5. The van der Waals surface area contributed by atoms with E-state index in [4.69, 9.17) is 18.0 Å². The fraction of sp³-hybridized carbons (Fsp3) is 0.405. The number of amides is 2. The highest BCUT2D eigenvalue weighted by atomic mass is 16.5. The highest BCUT2D eigenvalue weighted by Crippen LogP contribution is 2.18. The summed E-state index contributed by atoms with van der Waals surface area (Å²) in [7, 11) is 4.72. The van der Waals surface area contributed by atoms with E-state index in [0.717, 1.165) is 55.6 Å². The Labute approximate surface area is 280 Å². The summed E-state index contributed by atoms with van der Waals surface area (Å²) in [4.78, 5) is 36.3. The number of hydrogen-bond donors (Lipinski definition) is 5. The van der Waals surface area contributed by atoms with Crippen LogP contribution in [0.15, 0.2) is 72.8 Å². The van der Waals surface area contributed by atoms with Crippen LogP contribution in [0.3, 0.4) is 0 Å². The van der Waals surface area contributed by atoms with Gasteiger partial charge in [0.05, 0.1) is 7.11 Å². The highest BCUT2D eigenvalue weighted by molar-refractivity contribution is 5.75. The van der Waals surface area contributed by atoms with Gasteiger partial charge in [-0.25, -0.2) is 6.57 Å². The topological polar surface area (TPSA) is 153 Å². The van der Waals surface area contributed by atoms with Crippen LogP contribution < -0.4 is 27.4 Å². The van der Waals surface area contributed by atoms with Gasteiger partial charge in [-0.1, -0.05) is 36.4 Å². The smallest absolute Gasteiger partial charge is 0.305 e. The SMILES string of the molecule is CNC(=O)CCCc1ccc(N)cc1.COC(=O)CCCc1ccc(N)cc1.[C-]#[N+]C(C)(C)Nc1ccc(CCCC(=O)NC)cc1. The van der Waals surface area contributed by atoms with E-state index in [1.165, 1.54) is 23.8 Å². The van der Waals surface area contributed by atoms with E-state index in [9.17, 15) is 14.4 Å². The predicted octanol–water partition coefficient (Wildman–Crippen LogP) is 5.92. The maximum atomic E-state index is 11.1. The molecule has 0 unspecified atom stereocenters. The van der Waals surface area contributed by atoms with Crippen LogP contribution in [0.25, 0.3) is 4.85 Å². The number of nitrogens with zero attached hydrogens (tertiary/aromatic N) is 1. The Morgan fingerprint density at radius 1 is 0.681 bits per heavy atom. The van der Waals surface area contributed by atoms with E-state index < -0.39 is 5.66 Å². The molecule has 0 saturated heterocycles. The summed E-state index contributed by atoms with van der Waals surface area (Å²) in [5.74, 6) is 0.0259. The van der Waals surface area contributed by atoms with E-state index in [-0.39, 0.29) is 17.8 Å². The summed E-state index contributed by atoms with van der Waals surface area (Å²) in [6.45, 7) is 10.8. The molecular formula is C37H52N6O4. The fourth-order valence-electron chi connectivity index (χ4n) is 4.20. The first-order chi connectivity index (χ1) is 22.4. The molecule has 0 spiro atoms. The number of rotatable bonds is 14. The molecule has 0 bridgehead atoms. The largest absolute Gasteiger partial charge is 0.469 e. The number of carbonyl (C=O) groups is 3. The fourth-order valence-corrected chi connectivity index (χ4v) is 4.20. The van der Waals surface area contributed by atoms with Gasteiger partial charge < -0.3 is 32.2 Å². The van der Waals surface area contributed by atoms with Crippen LogP contribution in [-0.2, 0) is 38.4 Å². The number of nitrogens with two attached hydrogens (primary N) is 2. The molecule has 3 aromatic rings. The van der Waals surface area contributed by atoms with Crippen LogP contribution in [0.4, 0.5) is 17.1 Å². The van der Waals surface area contributed by atoms with Crippen molar-refractivity contribution >= 4 is 34.8 Å². The van der Waals surface area contributed by atoms with Gasteiger partial charge >= 0.3 is 5.97 Å². The van der Waals surface area contributed by atoms with Gasteiger partial charge in [0.15, 0.2) is 0 Å².